The van der Waals surface area contributed by atoms with Gasteiger partial charge in [-0.1, -0.05) is 37.6 Å². The van der Waals surface area contributed by atoms with Gasteiger partial charge in [0.25, 0.3) is 0 Å². The molecule has 2 N–H and O–H groups in total. The van der Waals surface area contributed by atoms with E-state index in [-0.39, 0.29) is 0 Å². The minimum Gasteiger partial charge on any atom is -0.328 e. The standard InChI is InChI=1S/C16H26N2.C2H6/c1-13-5-6-15(14(2)12-13)7-10-18-9-3-4-16(17)8-11-18;1-2/h5-6,12,16H,3-4,7-11,17H2,1-2H3;1-2H3. The molecule has 0 bridgehead atoms. The maximum atomic E-state index is 6.02. The van der Waals surface area contributed by atoms with E-state index in [1.807, 2.05) is 13.8 Å². The zero-order chi connectivity index (χ0) is 15.0. The highest BCUT2D eigenvalue weighted by atomic mass is 15.1. The van der Waals surface area contributed by atoms with Crippen LogP contribution in [0.1, 0.15) is 49.8 Å². The minimum atomic E-state index is 0.427. The molecular weight excluding hydrogens is 244 g/mol. The summed E-state index contributed by atoms with van der Waals surface area (Å²) >= 11 is 0. The number of benzene rings is 1. The summed E-state index contributed by atoms with van der Waals surface area (Å²) in [6, 6.07) is 7.22. The van der Waals surface area contributed by atoms with Gasteiger partial charge in [-0.15, -0.1) is 0 Å². The smallest absolute Gasteiger partial charge is 0.00514 e. The normalized spacial score (nSPS) is 19.9. The molecule has 2 rings (SSSR count). The van der Waals surface area contributed by atoms with Crippen LogP contribution < -0.4 is 5.73 Å². The average Bonchev–Trinajstić information content (AvgIpc) is 2.65. The van der Waals surface area contributed by atoms with Gasteiger partial charge in [0.15, 0.2) is 0 Å². The molecule has 1 aromatic rings. The van der Waals surface area contributed by atoms with Crippen LogP contribution in [0.15, 0.2) is 18.2 Å². The van der Waals surface area contributed by atoms with E-state index in [0.29, 0.717) is 6.04 Å². The molecule has 0 amide bonds. The molecule has 0 radical (unpaired) electrons. The molecular formula is C18H32N2. The first-order chi connectivity index (χ1) is 9.65. The van der Waals surface area contributed by atoms with Gasteiger partial charge in [-0.2, -0.15) is 0 Å². The largest absolute Gasteiger partial charge is 0.328 e. The lowest BCUT2D eigenvalue weighted by atomic mass is 10.0. The van der Waals surface area contributed by atoms with Crippen molar-refractivity contribution in [3.63, 3.8) is 0 Å². The number of hydrogen-bond donors (Lipinski definition) is 1. The van der Waals surface area contributed by atoms with Crippen LogP contribution >= 0.6 is 0 Å². The average molecular weight is 276 g/mol. The minimum absolute atomic E-state index is 0.427. The first-order valence-electron chi connectivity index (χ1n) is 8.19. The maximum absolute atomic E-state index is 6.02. The number of nitrogens with zero attached hydrogens (tertiary/aromatic N) is 1. The van der Waals surface area contributed by atoms with Crippen molar-refractivity contribution in [1.29, 1.82) is 0 Å². The lowest BCUT2D eigenvalue weighted by molar-refractivity contribution is 0.287. The molecule has 0 aromatic heterocycles. The van der Waals surface area contributed by atoms with Gasteiger partial charge in [0, 0.05) is 12.6 Å². The molecule has 2 nitrogen and oxygen atoms in total. The first kappa shape index (κ1) is 17.2. The van der Waals surface area contributed by atoms with E-state index >= 15 is 0 Å². The SMILES string of the molecule is CC.Cc1ccc(CCN2CCCC(N)CC2)c(C)c1. The Labute approximate surface area is 125 Å². The second-order valence-corrected chi connectivity index (χ2v) is 5.71. The third kappa shape index (κ3) is 5.64. The van der Waals surface area contributed by atoms with E-state index in [9.17, 15) is 0 Å². The van der Waals surface area contributed by atoms with Gasteiger partial charge < -0.3 is 10.6 Å². The van der Waals surface area contributed by atoms with E-state index < -0.39 is 0 Å². The molecule has 1 atom stereocenters. The molecule has 20 heavy (non-hydrogen) atoms. The monoisotopic (exact) mass is 276 g/mol. The van der Waals surface area contributed by atoms with Crippen molar-refractivity contribution in [3.8, 4) is 0 Å². The Morgan fingerprint density at radius 1 is 1.15 bits per heavy atom. The van der Waals surface area contributed by atoms with E-state index in [0.717, 1.165) is 6.42 Å². The Kier molecular flexibility index (Phi) is 7.86. The predicted octanol–water partition coefficient (Wildman–Crippen LogP) is 3.69. The summed E-state index contributed by atoms with van der Waals surface area (Å²) in [6.07, 6.45) is 4.78. The molecule has 0 aliphatic carbocycles. The van der Waals surface area contributed by atoms with Crippen molar-refractivity contribution in [2.75, 3.05) is 19.6 Å². The third-order valence-corrected chi connectivity index (χ3v) is 4.06. The molecule has 0 spiro atoms. The lowest BCUT2D eigenvalue weighted by Gasteiger charge is -2.20. The Bertz CT molecular complexity index is 387. The van der Waals surface area contributed by atoms with Crippen LogP contribution in [-0.2, 0) is 6.42 Å². The van der Waals surface area contributed by atoms with E-state index in [1.165, 1.54) is 55.6 Å². The van der Waals surface area contributed by atoms with Gasteiger partial charge in [-0.25, -0.2) is 0 Å². The molecule has 1 aliphatic rings. The molecule has 1 aliphatic heterocycles. The highest BCUT2D eigenvalue weighted by Gasteiger charge is 2.13. The highest BCUT2D eigenvalue weighted by Crippen LogP contribution is 2.14. The third-order valence-electron chi connectivity index (χ3n) is 4.06. The fraction of sp³-hybridized carbons (Fsp3) is 0.667. The highest BCUT2D eigenvalue weighted by molar-refractivity contribution is 5.30. The van der Waals surface area contributed by atoms with Crippen LogP contribution in [0.3, 0.4) is 0 Å². The summed E-state index contributed by atoms with van der Waals surface area (Å²) in [5.74, 6) is 0. The number of hydrogen-bond acceptors (Lipinski definition) is 2. The molecule has 2 heteroatoms. The molecule has 1 saturated heterocycles. The van der Waals surface area contributed by atoms with Crippen LogP contribution in [0, 0.1) is 13.8 Å². The van der Waals surface area contributed by atoms with Crippen molar-refractivity contribution in [2.24, 2.45) is 5.73 Å². The molecule has 1 aromatic carbocycles. The Hall–Kier alpha value is -0.860. The van der Waals surface area contributed by atoms with Gasteiger partial charge >= 0.3 is 0 Å². The van der Waals surface area contributed by atoms with Crippen molar-refractivity contribution < 1.29 is 0 Å². The Balaban J connectivity index is 0.000000956. The van der Waals surface area contributed by atoms with Crippen LogP contribution in [0.2, 0.25) is 0 Å². The van der Waals surface area contributed by atoms with Crippen molar-refractivity contribution in [3.05, 3.63) is 34.9 Å². The second-order valence-electron chi connectivity index (χ2n) is 5.71. The van der Waals surface area contributed by atoms with Gasteiger partial charge in [-0.05, 0) is 63.7 Å². The number of rotatable bonds is 3. The number of aryl methyl sites for hydroxylation is 2. The van der Waals surface area contributed by atoms with Crippen molar-refractivity contribution in [2.45, 2.75) is 59.4 Å². The topological polar surface area (TPSA) is 29.3 Å². The quantitative estimate of drug-likeness (QED) is 0.912. The summed E-state index contributed by atoms with van der Waals surface area (Å²) in [4.78, 5) is 2.58. The number of likely N-dealkylation sites (tertiary alicyclic amines) is 1. The van der Waals surface area contributed by atoms with Crippen LogP contribution in [-0.4, -0.2) is 30.6 Å². The fourth-order valence-corrected chi connectivity index (χ4v) is 2.81. The molecule has 0 saturated carbocycles. The molecule has 1 fully saturated rings. The fourth-order valence-electron chi connectivity index (χ4n) is 2.81. The molecule has 1 heterocycles. The summed E-state index contributed by atoms with van der Waals surface area (Å²) in [5, 5.41) is 0. The first-order valence-corrected chi connectivity index (χ1v) is 8.19. The van der Waals surface area contributed by atoms with Crippen LogP contribution in [0.4, 0.5) is 0 Å². The summed E-state index contributed by atoms with van der Waals surface area (Å²) in [6.45, 7) is 12.0. The zero-order valence-corrected chi connectivity index (χ0v) is 13.8. The van der Waals surface area contributed by atoms with Gasteiger partial charge in [0.1, 0.15) is 0 Å². The Morgan fingerprint density at radius 3 is 2.60 bits per heavy atom. The van der Waals surface area contributed by atoms with E-state index in [2.05, 4.69) is 36.9 Å². The van der Waals surface area contributed by atoms with Crippen molar-refractivity contribution >= 4 is 0 Å². The zero-order valence-electron chi connectivity index (χ0n) is 13.8. The summed E-state index contributed by atoms with van der Waals surface area (Å²) < 4.78 is 0. The molecule has 1 unspecified atom stereocenters. The van der Waals surface area contributed by atoms with Crippen molar-refractivity contribution in [1.82, 2.24) is 4.90 Å². The summed E-state index contributed by atoms with van der Waals surface area (Å²) in [5.41, 5.74) is 10.3. The van der Waals surface area contributed by atoms with Crippen LogP contribution in [0.5, 0.6) is 0 Å². The van der Waals surface area contributed by atoms with Gasteiger partial charge in [0.05, 0.1) is 0 Å². The lowest BCUT2D eigenvalue weighted by Crippen LogP contribution is -2.28. The molecule has 114 valence electrons. The van der Waals surface area contributed by atoms with Gasteiger partial charge in [-0.3, -0.25) is 0 Å². The second kappa shape index (κ2) is 9.15. The number of nitrogens with two attached hydrogens (primary N) is 1. The van der Waals surface area contributed by atoms with Gasteiger partial charge in [0.2, 0.25) is 0 Å². The van der Waals surface area contributed by atoms with Crippen LogP contribution in [0.25, 0.3) is 0 Å². The van der Waals surface area contributed by atoms with E-state index in [4.69, 9.17) is 5.73 Å². The Morgan fingerprint density at radius 2 is 1.90 bits per heavy atom. The van der Waals surface area contributed by atoms with E-state index in [1.54, 1.807) is 0 Å². The predicted molar refractivity (Wildman–Crippen MR) is 89.2 cm³/mol. The summed E-state index contributed by atoms with van der Waals surface area (Å²) in [7, 11) is 0. The maximum Gasteiger partial charge on any atom is 0.00514 e.